The molecule has 0 aliphatic rings. The van der Waals surface area contributed by atoms with E-state index in [2.05, 4.69) is 19.9 Å². The molecule has 32 heavy (non-hydrogen) atoms. The van der Waals surface area contributed by atoms with Gasteiger partial charge >= 0.3 is 0 Å². The minimum atomic E-state index is -0.0608. The maximum Gasteiger partial charge on any atom is 0.253 e. The van der Waals surface area contributed by atoms with Crippen LogP contribution < -0.4 is 5.73 Å². The maximum absolute atomic E-state index is 13.0. The van der Waals surface area contributed by atoms with Crippen LogP contribution in [0.25, 0.3) is 33.3 Å². The highest BCUT2D eigenvalue weighted by Gasteiger charge is 2.16. The predicted octanol–water partition coefficient (Wildman–Crippen LogP) is 4.92. The van der Waals surface area contributed by atoms with E-state index in [1.165, 1.54) is 0 Å². The number of aromatic nitrogens is 4. The Hall–Kier alpha value is -3.84. The fraction of sp³-hybridized carbons (Fsp3) is 0.125. The van der Waals surface area contributed by atoms with Crippen molar-refractivity contribution in [2.24, 2.45) is 0 Å². The second-order valence-corrected chi connectivity index (χ2v) is 8.33. The Morgan fingerprint density at radius 2 is 1.94 bits per heavy atom. The highest BCUT2D eigenvalue weighted by molar-refractivity contribution is 6.30. The van der Waals surface area contributed by atoms with Gasteiger partial charge in [0.25, 0.3) is 5.91 Å². The number of fused-ring (bicyclic) bond motifs is 2. The zero-order chi connectivity index (χ0) is 22.4. The lowest BCUT2D eigenvalue weighted by Crippen LogP contribution is -2.26. The zero-order valence-electron chi connectivity index (χ0n) is 17.6. The third-order valence-corrected chi connectivity index (χ3v) is 5.65. The van der Waals surface area contributed by atoms with Gasteiger partial charge < -0.3 is 20.6 Å². The Morgan fingerprint density at radius 1 is 1.09 bits per heavy atom. The third-order valence-electron chi connectivity index (χ3n) is 5.41. The lowest BCUT2D eigenvalue weighted by Gasteiger charge is -2.17. The number of benzene rings is 2. The molecule has 2 aromatic carbocycles. The smallest absolute Gasteiger partial charge is 0.253 e. The second kappa shape index (κ2) is 7.69. The number of nitrogens with one attached hydrogen (secondary N) is 2. The molecule has 3 heterocycles. The number of aryl methyl sites for hydroxylation is 1. The van der Waals surface area contributed by atoms with Crippen molar-refractivity contribution < 1.29 is 4.79 Å². The van der Waals surface area contributed by atoms with Crippen molar-refractivity contribution >= 4 is 45.4 Å². The van der Waals surface area contributed by atoms with Gasteiger partial charge in [-0.1, -0.05) is 23.7 Å². The topological polar surface area (TPSA) is 104 Å². The molecule has 160 valence electrons. The van der Waals surface area contributed by atoms with E-state index in [-0.39, 0.29) is 5.91 Å². The summed E-state index contributed by atoms with van der Waals surface area (Å²) in [5.41, 5.74) is 11.7. The first-order valence-electron chi connectivity index (χ1n) is 10.1. The van der Waals surface area contributed by atoms with E-state index in [9.17, 15) is 4.79 Å². The maximum atomic E-state index is 13.0. The Kier molecular flexibility index (Phi) is 4.83. The molecule has 7 nitrogen and oxygen atoms in total. The summed E-state index contributed by atoms with van der Waals surface area (Å²) < 4.78 is 0. The SMILES string of the molecule is Cc1nc2nc(N)cc(-c3cc4cc(C(=O)N(C)Cc5cccc(Cl)c5)ccc4[nH]3)c2[nH]1. The van der Waals surface area contributed by atoms with Gasteiger partial charge in [0.2, 0.25) is 0 Å². The molecule has 0 spiro atoms. The minimum absolute atomic E-state index is 0.0608. The van der Waals surface area contributed by atoms with Crippen molar-refractivity contribution in [2.45, 2.75) is 13.5 Å². The summed E-state index contributed by atoms with van der Waals surface area (Å²) in [6.07, 6.45) is 0. The third kappa shape index (κ3) is 3.67. The number of halogens is 1. The molecule has 0 radical (unpaired) electrons. The van der Waals surface area contributed by atoms with Gasteiger partial charge in [-0.15, -0.1) is 0 Å². The van der Waals surface area contributed by atoms with Crippen LogP contribution in [0.3, 0.4) is 0 Å². The number of rotatable bonds is 4. The number of H-pyrrole nitrogens is 2. The van der Waals surface area contributed by atoms with Gasteiger partial charge in [-0.05, 0) is 55.0 Å². The van der Waals surface area contributed by atoms with Gasteiger partial charge in [0.1, 0.15) is 11.6 Å². The monoisotopic (exact) mass is 444 g/mol. The number of nitrogens with two attached hydrogens (primary N) is 1. The molecular weight excluding hydrogens is 424 g/mol. The standard InChI is InChI=1S/C24H21ClN6O/c1-13-27-22-18(11-21(26)30-23(22)28-13)20-10-16-9-15(6-7-19(16)29-20)24(32)31(2)12-14-4-3-5-17(25)8-14/h3-11,29H,12H2,1-2H3,(H3,26,27,28,30). The van der Waals surface area contributed by atoms with Gasteiger partial charge in [-0.25, -0.2) is 9.97 Å². The molecular formula is C24H21ClN6O. The summed E-state index contributed by atoms with van der Waals surface area (Å²) in [6.45, 7) is 2.36. The summed E-state index contributed by atoms with van der Waals surface area (Å²) in [5, 5.41) is 1.59. The Balaban J connectivity index is 1.47. The number of hydrogen-bond donors (Lipinski definition) is 3. The fourth-order valence-corrected chi connectivity index (χ4v) is 4.16. The minimum Gasteiger partial charge on any atom is -0.384 e. The number of anilines is 1. The van der Waals surface area contributed by atoms with Crippen LogP contribution in [0.5, 0.6) is 0 Å². The molecule has 0 unspecified atom stereocenters. The molecule has 3 aromatic heterocycles. The molecule has 5 rings (SSSR count). The molecule has 0 aliphatic heterocycles. The molecule has 4 N–H and O–H groups in total. The first kappa shape index (κ1) is 20.1. The molecule has 0 saturated heterocycles. The zero-order valence-corrected chi connectivity index (χ0v) is 18.4. The van der Waals surface area contributed by atoms with Crippen LogP contribution in [0, 0.1) is 6.92 Å². The Morgan fingerprint density at radius 3 is 2.75 bits per heavy atom. The average molecular weight is 445 g/mol. The molecule has 0 aliphatic carbocycles. The highest BCUT2D eigenvalue weighted by atomic mass is 35.5. The van der Waals surface area contributed by atoms with Gasteiger partial charge in [0.15, 0.2) is 5.65 Å². The Bertz CT molecular complexity index is 1480. The van der Waals surface area contributed by atoms with Crippen molar-refractivity contribution in [1.82, 2.24) is 24.8 Å². The van der Waals surface area contributed by atoms with E-state index in [0.717, 1.165) is 39.1 Å². The molecule has 8 heteroatoms. The second-order valence-electron chi connectivity index (χ2n) is 7.89. The van der Waals surface area contributed by atoms with Gasteiger partial charge in [-0.3, -0.25) is 4.79 Å². The van der Waals surface area contributed by atoms with E-state index in [0.29, 0.717) is 28.6 Å². The summed E-state index contributed by atoms with van der Waals surface area (Å²) in [6, 6.07) is 17.0. The summed E-state index contributed by atoms with van der Waals surface area (Å²) in [4.78, 5) is 30.1. The summed E-state index contributed by atoms with van der Waals surface area (Å²) >= 11 is 6.07. The van der Waals surface area contributed by atoms with Crippen LogP contribution in [0.4, 0.5) is 5.82 Å². The highest BCUT2D eigenvalue weighted by Crippen LogP contribution is 2.31. The average Bonchev–Trinajstić information content (AvgIpc) is 3.34. The van der Waals surface area contributed by atoms with Crippen LogP contribution in [-0.2, 0) is 6.54 Å². The predicted molar refractivity (Wildman–Crippen MR) is 128 cm³/mol. The van der Waals surface area contributed by atoms with E-state index < -0.39 is 0 Å². The van der Waals surface area contributed by atoms with E-state index in [1.807, 2.05) is 61.5 Å². The van der Waals surface area contributed by atoms with Gasteiger partial charge in [0.05, 0.1) is 5.52 Å². The molecule has 0 saturated carbocycles. The molecule has 5 aromatic rings. The molecule has 0 fully saturated rings. The quantitative estimate of drug-likeness (QED) is 0.366. The number of amides is 1. The van der Waals surface area contributed by atoms with Crippen LogP contribution >= 0.6 is 11.6 Å². The number of carbonyl (C=O) groups excluding carboxylic acids is 1. The van der Waals surface area contributed by atoms with E-state index in [4.69, 9.17) is 17.3 Å². The summed E-state index contributed by atoms with van der Waals surface area (Å²) in [5.74, 6) is 1.11. The molecule has 1 amide bonds. The molecule has 0 atom stereocenters. The lowest BCUT2D eigenvalue weighted by atomic mass is 10.1. The van der Waals surface area contributed by atoms with Crippen molar-refractivity contribution in [1.29, 1.82) is 0 Å². The number of pyridine rings is 1. The number of aromatic amines is 2. The van der Waals surface area contributed by atoms with Gasteiger partial charge in [-0.2, -0.15) is 0 Å². The van der Waals surface area contributed by atoms with Crippen molar-refractivity contribution in [3.8, 4) is 11.3 Å². The number of nitrogens with zero attached hydrogens (tertiary/aromatic N) is 3. The van der Waals surface area contributed by atoms with Crippen LogP contribution in [0.1, 0.15) is 21.7 Å². The van der Waals surface area contributed by atoms with Crippen LogP contribution in [0.2, 0.25) is 5.02 Å². The number of nitrogen functional groups attached to an aromatic ring is 1. The van der Waals surface area contributed by atoms with Crippen molar-refractivity contribution in [2.75, 3.05) is 12.8 Å². The van der Waals surface area contributed by atoms with Crippen LogP contribution in [-0.4, -0.2) is 37.8 Å². The van der Waals surface area contributed by atoms with Crippen molar-refractivity contribution in [3.63, 3.8) is 0 Å². The van der Waals surface area contributed by atoms with Crippen LogP contribution in [0.15, 0.2) is 54.6 Å². The first-order valence-corrected chi connectivity index (χ1v) is 10.5. The number of hydrogen-bond acceptors (Lipinski definition) is 4. The Labute approximate surface area is 189 Å². The summed E-state index contributed by atoms with van der Waals surface area (Å²) in [7, 11) is 1.78. The first-order chi connectivity index (χ1) is 15.4. The number of imidazole rings is 1. The van der Waals surface area contributed by atoms with E-state index >= 15 is 0 Å². The largest absolute Gasteiger partial charge is 0.384 e. The normalized spacial score (nSPS) is 11.3. The van der Waals surface area contributed by atoms with Crippen molar-refractivity contribution in [3.05, 3.63) is 76.6 Å². The molecule has 0 bridgehead atoms. The lowest BCUT2D eigenvalue weighted by molar-refractivity contribution is 0.0785. The van der Waals surface area contributed by atoms with Gasteiger partial charge in [0, 0.05) is 46.3 Å². The van der Waals surface area contributed by atoms with E-state index in [1.54, 1.807) is 11.9 Å². The number of carbonyl (C=O) groups is 1. The fourth-order valence-electron chi connectivity index (χ4n) is 3.95.